The molecule has 0 aromatic heterocycles. The average molecular weight is 305 g/mol. The van der Waals surface area contributed by atoms with E-state index in [-0.39, 0.29) is 23.2 Å². The van der Waals surface area contributed by atoms with Gasteiger partial charge in [0.1, 0.15) is 11.3 Å². The van der Waals surface area contributed by atoms with Crippen LogP contribution >= 0.6 is 0 Å². The Morgan fingerprint density at radius 2 is 1.86 bits per heavy atom. The number of hydrogen-bond acceptors (Lipinski definition) is 6. The zero-order valence-electron chi connectivity index (χ0n) is 12.4. The number of esters is 2. The molecule has 3 heterocycles. The maximum absolute atomic E-state index is 12.3. The molecule has 1 aromatic rings. The molecule has 6 nitrogen and oxygen atoms in total. The van der Waals surface area contributed by atoms with E-state index in [1.165, 1.54) is 19.1 Å². The summed E-state index contributed by atoms with van der Waals surface area (Å²) in [6.07, 6.45) is 0.851. The minimum Gasteiger partial charge on any atom is -0.507 e. The Balaban J connectivity index is 1.78. The predicted molar refractivity (Wildman–Crippen MR) is 77.2 cm³/mol. The number of piperidine rings is 3. The standard InChI is InChI=1S/C16H19NO5/c1-10(18)21-14-11-6-8-17(9-7-11)15(14)22-16(20)12-4-2-3-5-13(12)19/h2-5,11,14-15,19H,6-9H2,1H3. The van der Waals surface area contributed by atoms with Crippen molar-refractivity contribution in [3.05, 3.63) is 29.8 Å². The molecule has 22 heavy (non-hydrogen) atoms. The summed E-state index contributed by atoms with van der Waals surface area (Å²) in [6.45, 7) is 3.00. The van der Waals surface area contributed by atoms with E-state index in [1.54, 1.807) is 12.1 Å². The summed E-state index contributed by atoms with van der Waals surface area (Å²) in [6, 6.07) is 6.25. The third-order valence-electron chi connectivity index (χ3n) is 4.33. The monoisotopic (exact) mass is 305 g/mol. The maximum atomic E-state index is 12.3. The second kappa shape index (κ2) is 5.96. The molecule has 3 aliphatic rings. The van der Waals surface area contributed by atoms with Crippen LogP contribution in [0.1, 0.15) is 30.1 Å². The van der Waals surface area contributed by atoms with Gasteiger partial charge in [0.25, 0.3) is 0 Å². The van der Waals surface area contributed by atoms with Crippen LogP contribution in [0, 0.1) is 5.92 Å². The van der Waals surface area contributed by atoms with E-state index in [0.29, 0.717) is 0 Å². The Hall–Kier alpha value is -2.08. The largest absolute Gasteiger partial charge is 0.507 e. The van der Waals surface area contributed by atoms with Crippen LogP contribution in [0.3, 0.4) is 0 Å². The smallest absolute Gasteiger partial charge is 0.343 e. The molecule has 1 aromatic carbocycles. The summed E-state index contributed by atoms with van der Waals surface area (Å²) in [4.78, 5) is 25.6. The zero-order valence-corrected chi connectivity index (χ0v) is 12.4. The first kappa shape index (κ1) is 14.8. The molecular weight excluding hydrogens is 286 g/mol. The number of ether oxygens (including phenoxy) is 2. The molecule has 0 spiro atoms. The van der Waals surface area contributed by atoms with E-state index < -0.39 is 18.3 Å². The second-order valence-corrected chi connectivity index (χ2v) is 5.76. The molecule has 0 saturated carbocycles. The third kappa shape index (κ3) is 2.78. The van der Waals surface area contributed by atoms with E-state index >= 15 is 0 Å². The molecule has 3 saturated heterocycles. The molecule has 4 rings (SSSR count). The van der Waals surface area contributed by atoms with Gasteiger partial charge in [-0.1, -0.05) is 12.1 Å². The first-order valence-electron chi connectivity index (χ1n) is 7.46. The molecule has 0 radical (unpaired) electrons. The van der Waals surface area contributed by atoms with Gasteiger partial charge < -0.3 is 14.6 Å². The lowest BCUT2D eigenvalue weighted by atomic mass is 9.84. The van der Waals surface area contributed by atoms with Gasteiger partial charge in [0.05, 0.1) is 0 Å². The number of hydrogen-bond donors (Lipinski definition) is 1. The Morgan fingerprint density at radius 3 is 2.50 bits per heavy atom. The van der Waals surface area contributed by atoms with E-state index in [0.717, 1.165) is 25.9 Å². The Labute approximate surface area is 128 Å². The molecule has 2 bridgehead atoms. The van der Waals surface area contributed by atoms with E-state index in [9.17, 15) is 14.7 Å². The molecule has 3 aliphatic heterocycles. The van der Waals surface area contributed by atoms with Crippen LogP contribution in [0.2, 0.25) is 0 Å². The van der Waals surface area contributed by atoms with Crippen LogP contribution in [-0.4, -0.2) is 47.4 Å². The van der Waals surface area contributed by atoms with Crippen molar-refractivity contribution in [2.75, 3.05) is 13.1 Å². The number of phenolic OH excluding ortho intramolecular Hbond substituents is 1. The van der Waals surface area contributed by atoms with Gasteiger partial charge in [0.15, 0.2) is 12.3 Å². The average Bonchev–Trinajstić information content (AvgIpc) is 2.50. The normalized spacial score (nSPS) is 29.9. The van der Waals surface area contributed by atoms with Crippen LogP contribution in [0.5, 0.6) is 5.75 Å². The van der Waals surface area contributed by atoms with Crippen molar-refractivity contribution in [3.63, 3.8) is 0 Å². The summed E-state index contributed by atoms with van der Waals surface area (Å²) < 4.78 is 10.9. The van der Waals surface area contributed by atoms with Gasteiger partial charge in [-0.25, -0.2) is 4.79 Å². The summed E-state index contributed by atoms with van der Waals surface area (Å²) in [5.41, 5.74) is 0.117. The molecule has 2 unspecified atom stereocenters. The maximum Gasteiger partial charge on any atom is 0.343 e. The third-order valence-corrected chi connectivity index (χ3v) is 4.33. The molecule has 0 aliphatic carbocycles. The van der Waals surface area contributed by atoms with E-state index in [4.69, 9.17) is 9.47 Å². The van der Waals surface area contributed by atoms with Crippen molar-refractivity contribution in [1.82, 2.24) is 4.90 Å². The van der Waals surface area contributed by atoms with Crippen LogP contribution in [-0.2, 0) is 14.3 Å². The Morgan fingerprint density at radius 1 is 1.18 bits per heavy atom. The number of nitrogens with zero attached hydrogens (tertiary/aromatic N) is 1. The summed E-state index contributed by atoms with van der Waals surface area (Å²) in [7, 11) is 0. The minimum atomic E-state index is -0.604. The topological polar surface area (TPSA) is 76.1 Å². The predicted octanol–water partition coefficient (Wildman–Crippen LogP) is 1.53. The summed E-state index contributed by atoms with van der Waals surface area (Å²) >= 11 is 0. The molecular formula is C16H19NO5. The quantitative estimate of drug-likeness (QED) is 0.854. The lowest BCUT2D eigenvalue weighted by Crippen LogP contribution is -2.60. The molecule has 0 amide bonds. The lowest BCUT2D eigenvalue weighted by molar-refractivity contribution is -0.195. The van der Waals surface area contributed by atoms with Crippen molar-refractivity contribution >= 4 is 11.9 Å². The number of benzene rings is 1. The molecule has 3 fully saturated rings. The SMILES string of the molecule is CC(=O)OC1C2CCN(CC2)C1OC(=O)c1ccccc1O. The first-order valence-corrected chi connectivity index (χ1v) is 7.46. The number of aromatic hydroxyl groups is 1. The second-order valence-electron chi connectivity index (χ2n) is 5.76. The van der Waals surface area contributed by atoms with Crippen molar-refractivity contribution in [2.45, 2.75) is 32.1 Å². The number of fused-ring (bicyclic) bond motifs is 3. The molecule has 2 atom stereocenters. The number of rotatable bonds is 3. The van der Waals surface area contributed by atoms with Gasteiger partial charge in [-0.05, 0) is 25.0 Å². The van der Waals surface area contributed by atoms with Crippen molar-refractivity contribution in [2.24, 2.45) is 5.92 Å². The van der Waals surface area contributed by atoms with Gasteiger partial charge in [0, 0.05) is 25.9 Å². The fourth-order valence-corrected chi connectivity index (χ4v) is 3.25. The van der Waals surface area contributed by atoms with Crippen LogP contribution < -0.4 is 0 Å². The fourth-order valence-electron chi connectivity index (χ4n) is 3.25. The van der Waals surface area contributed by atoms with Crippen molar-refractivity contribution in [3.8, 4) is 5.75 Å². The highest BCUT2D eigenvalue weighted by atomic mass is 16.6. The summed E-state index contributed by atoms with van der Waals surface area (Å²) in [5, 5.41) is 9.75. The lowest BCUT2D eigenvalue weighted by Gasteiger charge is -2.48. The van der Waals surface area contributed by atoms with Gasteiger partial charge in [-0.15, -0.1) is 0 Å². The Kier molecular flexibility index (Phi) is 4.02. The van der Waals surface area contributed by atoms with Crippen LogP contribution in [0.25, 0.3) is 0 Å². The highest BCUT2D eigenvalue weighted by molar-refractivity contribution is 5.92. The van der Waals surface area contributed by atoms with Gasteiger partial charge in [-0.3, -0.25) is 9.69 Å². The summed E-state index contributed by atoms with van der Waals surface area (Å²) in [5.74, 6) is -0.876. The van der Waals surface area contributed by atoms with Gasteiger partial charge in [0.2, 0.25) is 0 Å². The van der Waals surface area contributed by atoms with Gasteiger partial charge >= 0.3 is 11.9 Å². The molecule has 1 N–H and O–H groups in total. The van der Waals surface area contributed by atoms with Crippen molar-refractivity contribution < 1.29 is 24.2 Å². The van der Waals surface area contributed by atoms with Crippen molar-refractivity contribution in [1.29, 1.82) is 0 Å². The van der Waals surface area contributed by atoms with Crippen LogP contribution in [0.15, 0.2) is 24.3 Å². The van der Waals surface area contributed by atoms with Gasteiger partial charge in [-0.2, -0.15) is 0 Å². The number of phenols is 1. The number of carbonyl (C=O) groups is 2. The highest BCUT2D eigenvalue weighted by Crippen LogP contribution is 2.35. The van der Waals surface area contributed by atoms with Crippen LogP contribution in [0.4, 0.5) is 0 Å². The molecule has 118 valence electrons. The number of carbonyl (C=O) groups excluding carboxylic acids is 2. The van der Waals surface area contributed by atoms with E-state index in [1.807, 2.05) is 4.90 Å². The zero-order chi connectivity index (χ0) is 15.7. The molecule has 6 heteroatoms. The van der Waals surface area contributed by atoms with E-state index in [2.05, 4.69) is 0 Å². The first-order chi connectivity index (χ1) is 10.6. The number of para-hydroxylation sites is 1. The fraction of sp³-hybridized carbons (Fsp3) is 0.500. The highest BCUT2D eigenvalue weighted by Gasteiger charge is 2.46. The minimum absolute atomic E-state index is 0.117. The Bertz CT molecular complexity index is 580.